The molecule has 2 saturated heterocycles. The van der Waals surface area contributed by atoms with Crippen LogP contribution in [-0.4, -0.2) is 126 Å². The van der Waals surface area contributed by atoms with Gasteiger partial charge in [-0.15, -0.1) is 0 Å². The second kappa shape index (κ2) is 21.1. The molecule has 0 aliphatic carbocycles. The average Bonchev–Trinajstić information content (AvgIpc) is 3.90. The third-order valence-electron chi connectivity index (χ3n) is 11.4. The number of hydrogen-bond donors (Lipinski definition) is 3. The number of fused-ring (bicyclic) bond motifs is 5. The van der Waals surface area contributed by atoms with Crippen molar-refractivity contribution in [2.75, 3.05) is 33.2 Å². The van der Waals surface area contributed by atoms with Gasteiger partial charge in [-0.25, -0.2) is 9.59 Å². The Morgan fingerprint density at radius 1 is 1.12 bits per heavy atom. The van der Waals surface area contributed by atoms with E-state index in [0.717, 1.165) is 11.1 Å². The van der Waals surface area contributed by atoms with Gasteiger partial charge >= 0.3 is 18.0 Å². The van der Waals surface area contributed by atoms with Crippen molar-refractivity contribution in [3.63, 3.8) is 0 Å². The molecule has 0 radical (unpaired) electrons. The summed E-state index contributed by atoms with van der Waals surface area (Å²) in [4.78, 5) is 68.1. The number of amides is 3. The minimum absolute atomic E-state index is 0.0683. The predicted molar refractivity (Wildman–Crippen MR) is 231 cm³/mol. The van der Waals surface area contributed by atoms with Crippen LogP contribution in [-0.2, 0) is 44.5 Å². The highest BCUT2D eigenvalue weighted by molar-refractivity contribution is 8.77. The van der Waals surface area contributed by atoms with E-state index < -0.39 is 71.6 Å². The number of carboxylic acids is 1. The topological polar surface area (TPSA) is 194 Å². The lowest BCUT2D eigenvalue weighted by molar-refractivity contribution is -0.162. The van der Waals surface area contributed by atoms with E-state index in [0.29, 0.717) is 30.7 Å². The number of carbonyl (C=O) groups is 5. The quantitative estimate of drug-likeness (QED) is 0.107. The molecule has 3 aliphatic rings. The number of allylic oxidation sites excluding steroid dienone is 3. The zero-order valence-corrected chi connectivity index (χ0v) is 38.4. The zero-order valence-electron chi connectivity index (χ0n) is 36.0. The number of nitrogens with one attached hydrogen (secondary N) is 1. The summed E-state index contributed by atoms with van der Waals surface area (Å²) in [7, 11) is 9.18. The van der Waals surface area contributed by atoms with E-state index in [1.54, 1.807) is 73.7 Å². The molecule has 0 spiro atoms. The first-order valence-corrected chi connectivity index (χ1v) is 22.7. The first-order valence-electron chi connectivity index (χ1n) is 20.0. The Balaban J connectivity index is 1.61. The largest absolute Gasteiger partial charge is 0.495 e. The third-order valence-corrected chi connectivity index (χ3v) is 15.4. The van der Waals surface area contributed by atoms with Crippen LogP contribution in [0.1, 0.15) is 85.6 Å². The van der Waals surface area contributed by atoms with Crippen LogP contribution in [0.2, 0.25) is 5.02 Å². The molecule has 18 heteroatoms. The maximum Gasteiger partial charge on any atom is 0.409 e. The normalized spacial score (nSPS) is 30.0. The van der Waals surface area contributed by atoms with Crippen LogP contribution >= 0.6 is 33.2 Å². The van der Waals surface area contributed by atoms with Crippen LogP contribution in [0.5, 0.6) is 5.75 Å². The van der Waals surface area contributed by atoms with Crippen molar-refractivity contribution in [2.24, 2.45) is 5.92 Å². The number of aliphatic hydroxyl groups is 1. The molecule has 60 heavy (non-hydrogen) atoms. The van der Waals surface area contributed by atoms with E-state index in [9.17, 15) is 29.1 Å². The first kappa shape index (κ1) is 49.2. The highest BCUT2D eigenvalue weighted by atomic mass is 35.5. The Kier molecular flexibility index (Phi) is 17.3. The molecule has 1 aromatic rings. The van der Waals surface area contributed by atoms with Crippen LogP contribution in [0, 0.1) is 5.92 Å². The fourth-order valence-electron chi connectivity index (χ4n) is 7.33. The van der Waals surface area contributed by atoms with Crippen LogP contribution in [0.15, 0.2) is 35.9 Å². The minimum Gasteiger partial charge on any atom is -0.495 e. The number of nitrogens with zero attached hydrogens (tertiary/aromatic N) is 2. The highest BCUT2D eigenvalue weighted by Gasteiger charge is 2.64. The number of anilines is 1. The van der Waals surface area contributed by atoms with Crippen molar-refractivity contribution in [3.8, 4) is 5.75 Å². The fraction of sp³-hybridized carbons (Fsp3) is 0.643. The molecule has 3 aliphatic heterocycles. The molecule has 4 bridgehead atoms. The average molecular weight is 899 g/mol. The molecular formula is C42H60ClN3O12S2. The molecule has 1 aromatic carbocycles. The number of esters is 1. The standard InChI is InChI=1S/C42H60ClN3O12S2/c1-23-12-11-13-32(55-10)42(53)22-31(56-40(52)44-42)26(4)38-41(6,58-38)33(21-35(48)46(8)29-19-28(18-23)20-30(54-9)37(29)43)57-39(51)27(5)45(7)34(47)16-14-24(2)59-60-25(3)15-17-36(49)50/h11-13,19-20,24-27,31-33,38,53H,14-18,21-22H2,1-10H3,(H,44,52)(H,49,50)/b13-11+,23-12+/t24?,25?,26-,27+,31+,32-,33+,38+,41+,42+/m1/s1. The maximum absolute atomic E-state index is 14.2. The first-order chi connectivity index (χ1) is 28.1. The Morgan fingerprint density at radius 2 is 1.77 bits per heavy atom. The summed E-state index contributed by atoms with van der Waals surface area (Å²) < 4.78 is 29.3. The van der Waals surface area contributed by atoms with Crippen molar-refractivity contribution in [3.05, 3.63) is 46.5 Å². The molecule has 15 nitrogen and oxygen atoms in total. The van der Waals surface area contributed by atoms with E-state index >= 15 is 0 Å². The van der Waals surface area contributed by atoms with Crippen molar-refractivity contribution < 1.29 is 57.9 Å². The molecule has 0 saturated carbocycles. The van der Waals surface area contributed by atoms with E-state index in [2.05, 4.69) is 5.32 Å². The number of ether oxygens (including phenoxy) is 5. The molecule has 0 aromatic heterocycles. The molecule has 3 amide bonds. The fourth-order valence-corrected chi connectivity index (χ4v) is 10.2. The van der Waals surface area contributed by atoms with E-state index in [-0.39, 0.29) is 47.1 Å². The Labute approximate surface area is 365 Å². The SMILES string of the molecule is COc1cc2cc(c1Cl)N(C)C(=O)C[C@H](OC(=O)[C@H](C)N(C)C(=O)CCC(C)SSC(C)CCC(=O)O)[C@]1(C)O[C@H]1[C@H](C)[C@@H]1C[C@@](O)(NC(=O)O1)[C@H](OC)/C=C/C=C(\C)C2. The summed E-state index contributed by atoms with van der Waals surface area (Å²) in [6.07, 6.45) is 2.08. The number of likely N-dealkylation sites (N-methyl/N-ethyl adjacent to an activating group) is 1. The molecule has 3 heterocycles. The molecule has 10 atom stereocenters. The number of hydrogen-bond acceptors (Lipinski definition) is 13. The summed E-state index contributed by atoms with van der Waals surface area (Å²) in [5, 5.41) is 23.7. The number of aliphatic carboxylic acids is 1. The van der Waals surface area contributed by atoms with Crippen LogP contribution in [0.3, 0.4) is 0 Å². The summed E-state index contributed by atoms with van der Waals surface area (Å²) >= 11 is 6.79. The van der Waals surface area contributed by atoms with Crippen molar-refractivity contribution in [1.29, 1.82) is 0 Å². The molecule has 2 unspecified atom stereocenters. The number of rotatable bonds is 14. The Morgan fingerprint density at radius 3 is 2.38 bits per heavy atom. The predicted octanol–water partition coefficient (Wildman–Crippen LogP) is 6.32. The van der Waals surface area contributed by atoms with E-state index in [1.165, 1.54) is 31.1 Å². The second-order valence-electron chi connectivity index (χ2n) is 16.2. The van der Waals surface area contributed by atoms with Gasteiger partial charge in [0.1, 0.15) is 40.7 Å². The number of epoxide rings is 1. The summed E-state index contributed by atoms with van der Waals surface area (Å²) in [6, 6.07) is 2.54. The Hall–Kier alpha value is -3.48. The van der Waals surface area contributed by atoms with Gasteiger partial charge in [0.25, 0.3) is 0 Å². The lowest BCUT2D eigenvalue weighted by Crippen LogP contribution is -2.63. The number of carbonyl (C=O) groups excluding carboxylic acids is 4. The van der Waals surface area contributed by atoms with Crippen molar-refractivity contribution in [2.45, 2.75) is 139 Å². The molecular weight excluding hydrogens is 838 g/mol. The van der Waals surface area contributed by atoms with Gasteiger partial charge in [0.05, 0.1) is 25.3 Å². The van der Waals surface area contributed by atoms with Crippen molar-refractivity contribution in [1.82, 2.24) is 10.2 Å². The van der Waals surface area contributed by atoms with Gasteiger partial charge < -0.3 is 43.7 Å². The Bertz CT molecular complexity index is 1820. The second-order valence-corrected chi connectivity index (χ2v) is 19.7. The van der Waals surface area contributed by atoms with Gasteiger partial charge in [-0.3, -0.25) is 19.7 Å². The molecule has 4 rings (SSSR count). The molecule has 3 N–H and O–H groups in total. The number of alkyl carbamates (subject to hydrolysis) is 1. The number of halogens is 1. The smallest absolute Gasteiger partial charge is 0.409 e. The summed E-state index contributed by atoms with van der Waals surface area (Å²) in [6.45, 7) is 10.9. The number of benzene rings is 1. The lowest BCUT2D eigenvalue weighted by atomic mass is 9.83. The maximum atomic E-state index is 14.2. The zero-order chi connectivity index (χ0) is 44.7. The number of methoxy groups -OCH3 is 2. The van der Waals surface area contributed by atoms with Gasteiger partial charge in [0.15, 0.2) is 5.72 Å². The third kappa shape index (κ3) is 12.3. The van der Waals surface area contributed by atoms with Gasteiger partial charge in [-0.2, -0.15) is 0 Å². The van der Waals surface area contributed by atoms with Crippen LogP contribution in [0.25, 0.3) is 0 Å². The lowest BCUT2D eigenvalue weighted by Gasteiger charge is -2.42. The number of carboxylic acid groups (broad SMARTS) is 1. The van der Waals surface area contributed by atoms with E-state index in [4.69, 9.17) is 40.4 Å². The van der Waals surface area contributed by atoms with Gasteiger partial charge in [-0.1, -0.05) is 77.8 Å². The van der Waals surface area contributed by atoms with Crippen LogP contribution < -0.4 is 15.0 Å². The van der Waals surface area contributed by atoms with E-state index in [1.807, 2.05) is 26.8 Å². The van der Waals surface area contributed by atoms with Crippen molar-refractivity contribution >= 4 is 68.7 Å². The summed E-state index contributed by atoms with van der Waals surface area (Å²) in [5.41, 5.74) is -1.01. The molecule has 334 valence electrons. The monoisotopic (exact) mass is 897 g/mol. The van der Waals surface area contributed by atoms with Gasteiger partial charge in [0.2, 0.25) is 11.8 Å². The molecule has 2 fully saturated rings. The van der Waals surface area contributed by atoms with Crippen LogP contribution in [0.4, 0.5) is 10.5 Å². The highest BCUT2D eigenvalue weighted by Crippen LogP contribution is 2.49. The summed E-state index contributed by atoms with van der Waals surface area (Å²) in [5.74, 6) is -2.50. The van der Waals surface area contributed by atoms with Gasteiger partial charge in [0, 0.05) is 56.9 Å². The minimum atomic E-state index is -1.85. The van der Waals surface area contributed by atoms with Gasteiger partial charge in [-0.05, 0) is 57.7 Å².